The lowest BCUT2D eigenvalue weighted by atomic mass is 10.2. The standard InChI is InChI=1S/C18H18ClFN2O2/c1-22(2)16-7-6-13(19)11-15(16)21-18(23)9-5-12-4-8-17(24-3)14(20)10-12/h4-11H,1-3H3,(H,21,23)/b9-5+. The van der Waals surface area contributed by atoms with E-state index in [4.69, 9.17) is 16.3 Å². The first kappa shape index (κ1) is 17.8. The summed E-state index contributed by atoms with van der Waals surface area (Å²) in [4.78, 5) is 14.0. The Morgan fingerprint density at radius 2 is 2.00 bits per heavy atom. The predicted octanol–water partition coefficient (Wildman–Crippen LogP) is 4.21. The molecule has 0 spiro atoms. The van der Waals surface area contributed by atoms with E-state index in [0.717, 1.165) is 5.69 Å². The first-order valence-corrected chi connectivity index (χ1v) is 7.58. The average molecular weight is 349 g/mol. The predicted molar refractivity (Wildman–Crippen MR) is 96.4 cm³/mol. The summed E-state index contributed by atoms with van der Waals surface area (Å²) in [5.41, 5.74) is 1.99. The Morgan fingerprint density at radius 3 is 2.62 bits per heavy atom. The Morgan fingerprint density at radius 1 is 1.25 bits per heavy atom. The topological polar surface area (TPSA) is 41.6 Å². The van der Waals surface area contributed by atoms with Crippen molar-refractivity contribution in [1.82, 2.24) is 0 Å². The van der Waals surface area contributed by atoms with Crippen LogP contribution in [-0.2, 0) is 4.79 Å². The van der Waals surface area contributed by atoms with Gasteiger partial charge in [-0.2, -0.15) is 0 Å². The maximum atomic E-state index is 13.6. The summed E-state index contributed by atoms with van der Waals surface area (Å²) in [6.07, 6.45) is 2.86. The molecule has 2 aromatic rings. The summed E-state index contributed by atoms with van der Waals surface area (Å²) in [5.74, 6) is -0.660. The number of rotatable bonds is 5. The van der Waals surface area contributed by atoms with Crippen LogP contribution >= 0.6 is 11.6 Å². The van der Waals surface area contributed by atoms with Gasteiger partial charge in [0.15, 0.2) is 11.6 Å². The summed E-state index contributed by atoms with van der Waals surface area (Å²) in [6, 6.07) is 9.72. The van der Waals surface area contributed by atoms with Gasteiger partial charge in [-0.25, -0.2) is 4.39 Å². The van der Waals surface area contributed by atoms with E-state index in [2.05, 4.69) is 5.32 Å². The lowest BCUT2D eigenvalue weighted by molar-refractivity contribution is -0.111. The fourth-order valence-corrected chi connectivity index (χ4v) is 2.30. The van der Waals surface area contributed by atoms with E-state index in [1.165, 1.54) is 31.4 Å². The lowest BCUT2D eigenvalue weighted by Crippen LogP contribution is -2.15. The molecule has 2 aromatic carbocycles. The number of methoxy groups -OCH3 is 1. The normalized spacial score (nSPS) is 10.7. The minimum absolute atomic E-state index is 0.158. The van der Waals surface area contributed by atoms with Crippen molar-refractivity contribution < 1.29 is 13.9 Å². The lowest BCUT2D eigenvalue weighted by Gasteiger charge is -2.17. The summed E-state index contributed by atoms with van der Waals surface area (Å²) >= 11 is 5.98. The third kappa shape index (κ3) is 4.49. The molecular formula is C18H18ClFN2O2. The fraction of sp³-hybridized carbons (Fsp3) is 0.167. The van der Waals surface area contributed by atoms with Gasteiger partial charge in [-0.3, -0.25) is 4.79 Å². The van der Waals surface area contributed by atoms with Crippen molar-refractivity contribution in [3.63, 3.8) is 0 Å². The quantitative estimate of drug-likeness (QED) is 0.823. The molecule has 0 atom stereocenters. The van der Waals surface area contributed by atoms with Gasteiger partial charge in [0.2, 0.25) is 5.91 Å². The summed E-state index contributed by atoms with van der Waals surface area (Å²) in [5, 5.41) is 3.29. The molecule has 24 heavy (non-hydrogen) atoms. The highest BCUT2D eigenvalue weighted by Gasteiger charge is 2.08. The number of carbonyl (C=O) groups is 1. The third-order valence-corrected chi connectivity index (χ3v) is 3.54. The Labute approximate surface area is 145 Å². The molecule has 0 aliphatic rings. The molecule has 0 aliphatic heterocycles. The SMILES string of the molecule is COc1ccc(/C=C/C(=O)Nc2cc(Cl)ccc2N(C)C)cc1F. The highest BCUT2D eigenvalue weighted by Crippen LogP contribution is 2.27. The zero-order chi connectivity index (χ0) is 17.7. The second-order valence-corrected chi connectivity index (χ2v) is 5.71. The molecule has 0 fully saturated rings. The Kier molecular flexibility index (Phi) is 5.82. The maximum Gasteiger partial charge on any atom is 0.248 e. The molecule has 0 unspecified atom stereocenters. The van der Waals surface area contributed by atoms with Crippen LogP contribution in [0.5, 0.6) is 5.75 Å². The Hall–Kier alpha value is -2.53. The summed E-state index contributed by atoms with van der Waals surface area (Å²) in [7, 11) is 5.14. The number of nitrogens with zero attached hydrogens (tertiary/aromatic N) is 1. The molecule has 1 N–H and O–H groups in total. The Bertz CT molecular complexity index is 776. The third-order valence-electron chi connectivity index (χ3n) is 3.30. The molecule has 0 radical (unpaired) electrons. The van der Waals surface area contributed by atoms with E-state index < -0.39 is 5.82 Å². The summed E-state index contributed by atoms with van der Waals surface area (Å²) < 4.78 is 18.5. The maximum absolute atomic E-state index is 13.6. The van der Waals surface area contributed by atoms with Gasteiger partial charge in [0, 0.05) is 25.2 Å². The van der Waals surface area contributed by atoms with Crippen molar-refractivity contribution in [2.45, 2.75) is 0 Å². The van der Waals surface area contributed by atoms with Gasteiger partial charge >= 0.3 is 0 Å². The zero-order valence-electron chi connectivity index (χ0n) is 13.6. The van der Waals surface area contributed by atoms with Crippen molar-refractivity contribution >= 4 is 35.0 Å². The average Bonchev–Trinajstić information content (AvgIpc) is 2.53. The smallest absolute Gasteiger partial charge is 0.248 e. The largest absolute Gasteiger partial charge is 0.494 e. The van der Waals surface area contributed by atoms with Crippen molar-refractivity contribution in [3.05, 3.63) is 58.9 Å². The van der Waals surface area contributed by atoms with Crippen molar-refractivity contribution in [2.24, 2.45) is 0 Å². The highest BCUT2D eigenvalue weighted by atomic mass is 35.5. The van der Waals surface area contributed by atoms with Crippen LogP contribution in [0.3, 0.4) is 0 Å². The number of hydrogen-bond acceptors (Lipinski definition) is 3. The van der Waals surface area contributed by atoms with E-state index in [-0.39, 0.29) is 11.7 Å². The van der Waals surface area contributed by atoms with Crippen LogP contribution in [0.1, 0.15) is 5.56 Å². The molecule has 4 nitrogen and oxygen atoms in total. The molecule has 0 aromatic heterocycles. The molecule has 6 heteroatoms. The van der Waals surface area contributed by atoms with Gasteiger partial charge in [-0.15, -0.1) is 0 Å². The van der Waals surface area contributed by atoms with Gasteiger partial charge in [0.25, 0.3) is 0 Å². The van der Waals surface area contributed by atoms with Gasteiger partial charge in [-0.05, 0) is 42.0 Å². The molecule has 0 saturated heterocycles. The van der Waals surface area contributed by atoms with Crippen molar-refractivity contribution in [3.8, 4) is 5.75 Å². The molecule has 126 valence electrons. The minimum atomic E-state index is -0.482. The van der Waals surface area contributed by atoms with E-state index in [1.807, 2.05) is 25.1 Å². The number of nitrogens with one attached hydrogen (secondary N) is 1. The molecule has 2 rings (SSSR count). The number of halogens is 2. The molecule has 0 saturated carbocycles. The zero-order valence-corrected chi connectivity index (χ0v) is 14.4. The van der Waals surface area contributed by atoms with Gasteiger partial charge in [0.1, 0.15) is 0 Å². The van der Waals surface area contributed by atoms with Crippen LogP contribution < -0.4 is 15.0 Å². The van der Waals surface area contributed by atoms with Crippen LogP contribution in [0, 0.1) is 5.82 Å². The Balaban J connectivity index is 2.13. The fourth-order valence-electron chi connectivity index (χ4n) is 2.13. The van der Waals surface area contributed by atoms with E-state index in [9.17, 15) is 9.18 Å². The number of anilines is 2. The number of hydrogen-bond donors (Lipinski definition) is 1. The van der Waals surface area contributed by atoms with Gasteiger partial charge in [-0.1, -0.05) is 17.7 Å². The van der Waals surface area contributed by atoms with Crippen LogP contribution in [0.15, 0.2) is 42.5 Å². The van der Waals surface area contributed by atoms with E-state index in [0.29, 0.717) is 16.3 Å². The van der Waals surface area contributed by atoms with Crippen LogP contribution in [-0.4, -0.2) is 27.1 Å². The van der Waals surface area contributed by atoms with E-state index in [1.54, 1.807) is 18.2 Å². The number of carbonyl (C=O) groups excluding carboxylic acids is 1. The molecule has 0 aliphatic carbocycles. The number of benzene rings is 2. The molecule has 0 heterocycles. The van der Waals surface area contributed by atoms with Crippen LogP contribution in [0.25, 0.3) is 6.08 Å². The number of amides is 1. The first-order chi connectivity index (χ1) is 11.4. The second-order valence-electron chi connectivity index (χ2n) is 5.27. The second kappa shape index (κ2) is 7.84. The van der Waals surface area contributed by atoms with Crippen molar-refractivity contribution in [1.29, 1.82) is 0 Å². The van der Waals surface area contributed by atoms with Gasteiger partial charge < -0.3 is 15.0 Å². The summed E-state index contributed by atoms with van der Waals surface area (Å²) in [6.45, 7) is 0. The number of ether oxygens (including phenoxy) is 1. The first-order valence-electron chi connectivity index (χ1n) is 7.20. The van der Waals surface area contributed by atoms with Crippen LogP contribution in [0.4, 0.5) is 15.8 Å². The monoisotopic (exact) mass is 348 g/mol. The van der Waals surface area contributed by atoms with Gasteiger partial charge in [0.05, 0.1) is 18.5 Å². The molecule has 0 bridgehead atoms. The molecule has 1 amide bonds. The molecular weight excluding hydrogens is 331 g/mol. The van der Waals surface area contributed by atoms with Crippen molar-refractivity contribution in [2.75, 3.05) is 31.4 Å². The van der Waals surface area contributed by atoms with Crippen LogP contribution in [0.2, 0.25) is 5.02 Å². The van der Waals surface area contributed by atoms with E-state index >= 15 is 0 Å². The minimum Gasteiger partial charge on any atom is -0.494 e. The highest BCUT2D eigenvalue weighted by molar-refractivity contribution is 6.31.